The molecule has 0 spiro atoms. The van der Waals surface area contributed by atoms with E-state index in [4.69, 9.17) is 33.5 Å². The van der Waals surface area contributed by atoms with E-state index in [1.807, 2.05) is 46.6 Å². The summed E-state index contributed by atoms with van der Waals surface area (Å²) in [4.78, 5) is 128. The summed E-state index contributed by atoms with van der Waals surface area (Å²) in [5.41, 5.74) is 0.657. The lowest BCUT2D eigenvalue weighted by Crippen LogP contribution is -2.59. The number of hydrogen-bond acceptors (Lipinski definition) is 19. The van der Waals surface area contributed by atoms with Crippen LogP contribution in [0.4, 0.5) is 4.79 Å². The lowest BCUT2D eigenvalue weighted by molar-refractivity contribution is -0.176. The number of thiazole rings is 1. The summed E-state index contributed by atoms with van der Waals surface area (Å²) >= 11 is 1.06. The first-order chi connectivity index (χ1) is 39.0. The highest BCUT2D eigenvalue weighted by molar-refractivity contribution is 7.09. The normalized spacial score (nSPS) is 18.4. The smallest absolute Gasteiger partial charge is 0.407 e. The number of alkyl carbamates (subject to hydrolysis) is 1. The number of methoxy groups -OCH3 is 1. The largest absolute Gasteiger partial charge is 0.481 e. The van der Waals surface area contributed by atoms with Crippen molar-refractivity contribution in [3.8, 4) is 5.75 Å². The molecule has 4 rings (SSSR count). The van der Waals surface area contributed by atoms with Crippen LogP contribution in [0.1, 0.15) is 147 Å². The average molecular weight is 1170 g/mol. The topological polar surface area (TPSA) is 308 Å². The lowest BCUT2D eigenvalue weighted by atomic mass is 9.92. The zero-order chi connectivity index (χ0) is 60.6. The number of nitrogens with zero attached hydrogens (tertiary/aromatic N) is 4. The van der Waals surface area contributed by atoms with Gasteiger partial charge in [0.25, 0.3) is 5.91 Å². The summed E-state index contributed by atoms with van der Waals surface area (Å²) in [6, 6.07) is 3.70. The molecule has 82 heavy (non-hydrogen) atoms. The minimum atomic E-state index is -1.08. The quantitative estimate of drug-likeness (QED) is 0.0272. The number of aliphatic carboxylic acids is 1. The zero-order valence-electron chi connectivity index (χ0n) is 49.2. The van der Waals surface area contributed by atoms with Gasteiger partial charge < -0.3 is 64.4 Å². The van der Waals surface area contributed by atoms with Gasteiger partial charge in [-0.05, 0) is 88.6 Å². The summed E-state index contributed by atoms with van der Waals surface area (Å²) < 4.78 is 32.8. The number of likely N-dealkylation sites (tertiary alicyclic amines) is 2. The van der Waals surface area contributed by atoms with Gasteiger partial charge in [-0.25, -0.2) is 9.78 Å². The third-order valence-corrected chi connectivity index (χ3v) is 15.6. The van der Waals surface area contributed by atoms with Crippen LogP contribution in [-0.4, -0.2) is 180 Å². The Morgan fingerprint density at radius 2 is 1.63 bits per heavy atom. The van der Waals surface area contributed by atoms with Crippen molar-refractivity contribution < 1.29 is 81.8 Å². The van der Waals surface area contributed by atoms with Crippen LogP contribution in [0.25, 0.3) is 0 Å². The summed E-state index contributed by atoms with van der Waals surface area (Å²) in [5.74, 6) is -6.23. The lowest BCUT2D eigenvalue weighted by Gasteiger charge is -2.39. The second-order valence-electron chi connectivity index (χ2n) is 21.6. The van der Waals surface area contributed by atoms with Crippen molar-refractivity contribution in [3.05, 3.63) is 45.9 Å². The number of likely N-dealkylation sites (N-methyl/N-ethyl adjacent to an activating group) is 1. The van der Waals surface area contributed by atoms with Crippen LogP contribution in [0.3, 0.4) is 0 Å². The van der Waals surface area contributed by atoms with Gasteiger partial charge in [-0.15, -0.1) is 11.3 Å². The first-order valence-electron chi connectivity index (χ1n) is 28.4. The van der Waals surface area contributed by atoms with E-state index in [0.717, 1.165) is 30.7 Å². The summed E-state index contributed by atoms with van der Waals surface area (Å²) in [6.07, 6.45) is 0.943. The number of piperidine rings is 1. The number of aliphatic hydroxyl groups is 1. The Labute approximate surface area is 485 Å². The van der Waals surface area contributed by atoms with Gasteiger partial charge in [-0.3, -0.25) is 43.3 Å². The molecular formula is C57H87N7O17S. The van der Waals surface area contributed by atoms with E-state index in [1.54, 1.807) is 31.2 Å². The van der Waals surface area contributed by atoms with Gasteiger partial charge in [-0.2, -0.15) is 0 Å². The molecule has 10 atom stereocenters. The van der Waals surface area contributed by atoms with Crippen LogP contribution in [0, 0.1) is 23.7 Å². The number of rotatable bonds is 33. The fourth-order valence-corrected chi connectivity index (χ4v) is 10.4. The van der Waals surface area contributed by atoms with Crippen LogP contribution in [-0.2, 0) is 63.7 Å². The van der Waals surface area contributed by atoms with Crippen LogP contribution < -0.4 is 20.7 Å². The summed E-state index contributed by atoms with van der Waals surface area (Å²) in [6.45, 7) is 14.0. The second-order valence-corrected chi connectivity index (χ2v) is 22.5. The van der Waals surface area contributed by atoms with Crippen LogP contribution in [0.2, 0.25) is 0 Å². The van der Waals surface area contributed by atoms with Crippen molar-refractivity contribution in [3.63, 3.8) is 0 Å². The van der Waals surface area contributed by atoms with Crippen molar-refractivity contribution >= 4 is 64.9 Å². The number of nitrogens with one attached hydrogen (secondary N) is 3. The molecule has 3 heterocycles. The van der Waals surface area contributed by atoms with E-state index in [0.29, 0.717) is 37.8 Å². The number of aromatic nitrogens is 1. The van der Waals surface area contributed by atoms with Gasteiger partial charge in [0.2, 0.25) is 17.7 Å². The molecule has 25 heteroatoms. The minimum Gasteiger partial charge on any atom is -0.481 e. The maximum absolute atomic E-state index is 14.9. The third-order valence-electron chi connectivity index (χ3n) is 14.7. The monoisotopic (exact) mass is 1170 g/mol. The minimum absolute atomic E-state index is 0.0145. The zero-order valence-corrected chi connectivity index (χ0v) is 50.0. The molecule has 2 aliphatic rings. The van der Waals surface area contributed by atoms with Gasteiger partial charge >= 0.3 is 30.0 Å². The number of carbonyl (C=O) groups excluding carboxylic acids is 8. The number of ether oxygens (including phenoxy) is 6. The van der Waals surface area contributed by atoms with E-state index in [1.165, 1.54) is 36.1 Å². The van der Waals surface area contributed by atoms with Crippen molar-refractivity contribution in [1.29, 1.82) is 0 Å². The number of benzene rings is 1. The predicted molar refractivity (Wildman–Crippen MR) is 300 cm³/mol. The van der Waals surface area contributed by atoms with Gasteiger partial charge in [0, 0.05) is 70.4 Å². The third kappa shape index (κ3) is 21.8. The van der Waals surface area contributed by atoms with Crippen molar-refractivity contribution in [1.82, 2.24) is 35.6 Å². The van der Waals surface area contributed by atoms with Crippen LogP contribution in [0.5, 0.6) is 5.75 Å². The van der Waals surface area contributed by atoms with Crippen molar-refractivity contribution in [2.24, 2.45) is 23.7 Å². The maximum Gasteiger partial charge on any atom is 0.407 e. The molecule has 458 valence electrons. The standard InChI is InChI=1S/C57H87N7O17S/c1-11-15-48(68)78-33-64(54(71)50(35(5)12-2)61-52(70)44-16-13-14-24-62(44)9)45(34(3)4)28-46(80-38(8)66)53-60-43(32-82-53)51(69)59-41(26-36(6)55(72)73)27-39-17-19-42(20-18-39)81-56(74)40-22-25-63(29-40)47(67)21-23-58-57(75)77-31-49(76-10)79-37(7)30-65/h17-20,32,34-37,40-41,44-46,49-50,65H,11-16,21-31,33H2,1-10H3,(H,58,75)(H,59,69)(H,61,70)(H,72,73)/t35-,36-,37?,40-,41+,44+,45+,46+,49?,50-/m0/s1. The molecule has 2 saturated heterocycles. The first kappa shape index (κ1) is 68.2. The number of aliphatic hydroxyl groups excluding tert-OH is 1. The van der Waals surface area contributed by atoms with Gasteiger partial charge in [0.1, 0.15) is 29.1 Å². The van der Waals surface area contributed by atoms with E-state index in [2.05, 4.69) is 20.9 Å². The molecule has 1 aromatic carbocycles. The Kier molecular flexibility index (Phi) is 28.6. The molecule has 2 fully saturated rings. The first-order valence-corrected chi connectivity index (χ1v) is 29.3. The average Bonchev–Trinajstić information content (AvgIpc) is 4.16. The molecular weight excluding hydrogens is 1090 g/mol. The molecule has 0 aliphatic carbocycles. The summed E-state index contributed by atoms with van der Waals surface area (Å²) in [7, 11) is 3.25. The Bertz CT molecular complexity index is 2430. The highest BCUT2D eigenvalue weighted by Crippen LogP contribution is 2.32. The summed E-state index contributed by atoms with van der Waals surface area (Å²) in [5, 5.41) is 29.2. The van der Waals surface area contributed by atoms with Crippen LogP contribution >= 0.6 is 11.3 Å². The second kappa shape index (κ2) is 34.4. The Morgan fingerprint density at radius 3 is 2.26 bits per heavy atom. The maximum atomic E-state index is 14.9. The fraction of sp³-hybridized carbons (Fsp3) is 0.684. The highest BCUT2D eigenvalue weighted by atomic mass is 32.1. The Morgan fingerprint density at radius 1 is 0.915 bits per heavy atom. The van der Waals surface area contributed by atoms with Crippen molar-refractivity contribution in [2.45, 2.75) is 169 Å². The number of amides is 5. The molecule has 0 bridgehead atoms. The molecule has 5 N–H and O–H groups in total. The predicted octanol–water partition coefficient (Wildman–Crippen LogP) is 5.00. The van der Waals surface area contributed by atoms with E-state index < -0.39 is 103 Å². The Hall–Kier alpha value is -6.28. The molecule has 2 unspecified atom stereocenters. The fourth-order valence-electron chi connectivity index (χ4n) is 9.60. The number of hydrogen-bond donors (Lipinski definition) is 5. The van der Waals surface area contributed by atoms with E-state index in [9.17, 15) is 48.3 Å². The highest BCUT2D eigenvalue weighted by Gasteiger charge is 2.40. The molecule has 2 aliphatic heterocycles. The molecule has 2 aromatic rings. The molecule has 0 radical (unpaired) electrons. The van der Waals surface area contributed by atoms with Crippen molar-refractivity contribution in [2.75, 3.05) is 60.3 Å². The van der Waals surface area contributed by atoms with E-state index in [-0.39, 0.29) is 98.5 Å². The molecule has 24 nitrogen and oxygen atoms in total. The molecule has 1 aromatic heterocycles. The number of esters is 3. The Balaban J connectivity index is 1.44. The SMILES string of the molecule is CCCC(=O)OCN(C(=O)[C@@H](NC(=O)[C@H]1CCCCN1C)[C@@H](C)CC)[C@H](C[C@@H](OC(C)=O)c1nc(C(=O)N[C@@H](Cc2ccc(OC(=O)[C@H]3CCN(C(=O)CCNC(=O)OCC(OC)OC(C)CO)C3)cc2)C[C@H](C)C(=O)O)cs1)C(C)C. The number of carboxylic acid groups (broad SMARTS) is 1. The van der Waals surface area contributed by atoms with Gasteiger partial charge in [0.15, 0.2) is 19.1 Å². The van der Waals surface area contributed by atoms with E-state index >= 15 is 0 Å². The van der Waals surface area contributed by atoms with Crippen LogP contribution in [0.15, 0.2) is 29.6 Å². The molecule has 5 amide bonds. The van der Waals surface area contributed by atoms with Gasteiger partial charge in [0.05, 0.1) is 30.6 Å². The molecule has 0 saturated carbocycles. The number of carbonyl (C=O) groups is 9. The van der Waals surface area contributed by atoms with Gasteiger partial charge in [-0.1, -0.05) is 66.5 Å². The number of carboxylic acids is 1.